The Morgan fingerprint density at radius 1 is 0.955 bits per heavy atom. The second-order valence-corrected chi connectivity index (χ2v) is 4.45. The summed E-state index contributed by atoms with van der Waals surface area (Å²) in [7, 11) is 0. The van der Waals surface area contributed by atoms with Crippen LogP contribution in [0.2, 0.25) is 0 Å². The van der Waals surface area contributed by atoms with Gasteiger partial charge in [-0.25, -0.2) is 9.97 Å². The fraction of sp³-hybridized carbons (Fsp3) is 0.333. The molecule has 0 saturated heterocycles. The first-order chi connectivity index (χ1) is 10.4. The summed E-state index contributed by atoms with van der Waals surface area (Å²) in [6, 6.07) is -1.70. The number of hydrogen-bond donors (Lipinski definition) is 6. The number of H-pyrrole nitrogens is 2. The summed E-state index contributed by atoms with van der Waals surface area (Å²) in [6.07, 6.45) is 6.67. The number of rotatable bonds is 6. The van der Waals surface area contributed by atoms with Gasteiger partial charge in [0.25, 0.3) is 0 Å². The molecule has 0 radical (unpaired) electrons. The van der Waals surface area contributed by atoms with Crippen molar-refractivity contribution in [2.24, 2.45) is 11.5 Å². The molecule has 22 heavy (non-hydrogen) atoms. The molecule has 10 nitrogen and oxygen atoms in total. The van der Waals surface area contributed by atoms with E-state index in [1.165, 1.54) is 12.7 Å². The Hall–Kier alpha value is -2.72. The summed E-state index contributed by atoms with van der Waals surface area (Å²) in [5, 5.41) is 16.8. The second-order valence-electron chi connectivity index (χ2n) is 4.45. The zero-order valence-corrected chi connectivity index (χ0v) is 11.6. The first kappa shape index (κ1) is 17.3. The lowest BCUT2D eigenvalue weighted by Gasteiger charge is -2.02. The van der Waals surface area contributed by atoms with Crippen LogP contribution in [0, 0.1) is 0 Å². The van der Waals surface area contributed by atoms with E-state index in [9.17, 15) is 9.59 Å². The van der Waals surface area contributed by atoms with Crippen molar-refractivity contribution in [3.63, 3.8) is 0 Å². The first-order valence-electron chi connectivity index (χ1n) is 6.31. The quantitative estimate of drug-likeness (QED) is 0.381. The molecule has 0 aliphatic carbocycles. The Labute approximate surface area is 125 Å². The molecule has 2 aromatic rings. The molecule has 0 bridgehead atoms. The summed E-state index contributed by atoms with van der Waals surface area (Å²) < 4.78 is 0. The molecule has 0 spiro atoms. The standard InChI is InChI=1S/2C6H9N3O2/c2*7-5(6(10)11)1-4-2-8-3-9-4/h2*2-3,5H,1,7H2,(H,8,9)(H,10,11)/t2*5-/m11/s1. The van der Waals surface area contributed by atoms with Crippen LogP contribution in [-0.4, -0.2) is 54.2 Å². The fourth-order valence-corrected chi connectivity index (χ4v) is 1.44. The minimum atomic E-state index is -1.00. The minimum Gasteiger partial charge on any atom is -0.480 e. The van der Waals surface area contributed by atoms with Gasteiger partial charge >= 0.3 is 11.9 Å². The molecular weight excluding hydrogens is 292 g/mol. The molecule has 10 heteroatoms. The molecule has 0 fully saturated rings. The van der Waals surface area contributed by atoms with E-state index < -0.39 is 24.0 Å². The topological polar surface area (TPSA) is 184 Å². The Bertz CT molecular complexity index is 516. The van der Waals surface area contributed by atoms with E-state index in [4.69, 9.17) is 21.7 Å². The summed E-state index contributed by atoms with van der Waals surface area (Å²) in [5.41, 5.74) is 12.0. The first-order valence-corrected chi connectivity index (χ1v) is 6.31. The van der Waals surface area contributed by atoms with Gasteiger partial charge in [-0.1, -0.05) is 0 Å². The molecule has 2 rings (SSSR count). The predicted molar refractivity (Wildman–Crippen MR) is 75.8 cm³/mol. The highest BCUT2D eigenvalue weighted by molar-refractivity contribution is 5.73. The SMILES string of the molecule is N[C@H](Cc1cnc[nH]1)C(=O)O.N[C@H](Cc1cnc[nH]1)C(=O)O. The molecular formula is C12H18N6O4. The Morgan fingerprint density at radius 2 is 1.32 bits per heavy atom. The van der Waals surface area contributed by atoms with Crippen LogP contribution in [0.5, 0.6) is 0 Å². The van der Waals surface area contributed by atoms with Gasteiger partial charge in [0.15, 0.2) is 0 Å². The number of carbonyl (C=O) groups is 2. The molecule has 2 atom stereocenters. The van der Waals surface area contributed by atoms with Crippen molar-refractivity contribution in [2.45, 2.75) is 24.9 Å². The van der Waals surface area contributed by atoms with Crippen molar-refractivity contribution < 1.29 is 19.8 Å². The third-order valence-corrected chi connectivity index (χ3v) is 2.62. The lowest BCUT2D eigenvalue weighted by Crippen LogP contribution is -2.32. The van der Waals surface area contributed by atoms with Crippen molar-refractivity contribution >= 4 is 11.9 Å². The molecule has 0 aliphatic rings. The van der Waals surface area contributed by atoms with Crippen molar-refractivity contribution in [3.05, 3.63) is 36.4 Å². The van der Waals surface area contributed by atoms with Crippen LogP contribution in [-0.2, 0) is 22.4 Å². The molecule has 2 aromatic heterocycles. The molecule has 120 valence electrons. The maximum atomic E-state index is 10.3. The van der Waals surface area contributed by atoms with E-state index in [1.54, 1.807) is 12.4 Å². The van der Waals surface area contributed by atoms with E-state index in [1.807, 2.05) is 0 Å². The van der Waals surface area contributed by atoms with Crippen LogP contribution >= 0.6 is 0 Å². The van der Waals surface area contributed by atoms with Gasteiger partial charge in [0.05, 0.1) is 12.7 Å². The molecule has 0 amide bonds. The molecule has 0 aliphatic heterocycles. The summed E-state index contributed by atoms with van der Waals surface area (Å²) in [6.45, 7) is 0. The van der Waals surface area contributed by atoms with Crippen molar-refractivity contribution in [3.8, 4) is 0 Å². The molecule has 8 N–H and O–H groups in total. The number of nitrogens with zero attached hydrogens (tertiary/aromatic N) is 2. The predicted octanol–water partition coefficient (Wildman–Crippen LogP) is -1.27. The monoisotopic (exact) mass is 310 g/mol. The number of aromatic amines is 2. The number of nitrogens with two attached hydrogens (primary N) is 2. The molecule has 2 heterocycles. The van der Waals surface area contributed by atoms with Crippen LogP contribution < -0.4 is 11.5 Å². The van der Waals surface area contributed by atoms with Gasteiger partial charge in [0, 0.05) is 36.6 Å². The van der Waals surface area contributed by atoms with Gasteiger partial charge < -0.3 is 31.6 Å². The zero-order valence-electron chi connectivity index (χ0n) is 11.6. The highest BCUT2D eigenvalue weighted by Gasteiger charge is 2.12. The maximum Gasteiger partial charge on any atom is 0.320 e. The van der Waals surface area contributed by atoms with Gasteiger partial charge in [-0.15, -0.1) is 0 Å². The maximum absolute atomic E-state index is 10.3. The van der Waals surface area contributed by atoms with E-state index in [0.717, 1.165) is 11.4 Å². The number of hydrogen-bond acceptors (Lipinski definition) is 6. The van der Waals surface area contributed by atoms with Crippen LogP contribution in [0.1, 0.15) is 11.4 Å². The number of carboxylic acids is 2. The van der Waals surface area contributed by atoms with Crippen LogP contribution in [0.25, 0.3) is 0 Å². The summed E-state index contributed by atoms with van der Waals surface area (Å²) >= 11 is 0. The van der Waals surface area contributed by atoms with Crippen LogP contribution in [0.4, 0.5) is 0 Å². The smallest absolute Gasteiger partial charge is 0.320 e. The number of aliphatic carboxylic acids is 2. The minimum absolute atomic E-state index is 0.287. The average Bonchev–Trinajstić information content (AvgIpc) is 3.12. The Kier molecular flexibility index (Phi) is 6.73. The Balaban J connectivity index is 0.000000220. The summed E-state index contributed by atoms with van der Waals surface area (Å²) in [5.74, 6) is -2.00. The highest BCUT2D eigenvalue weighted by Crippen LogP contribution is 1.96. The molecule has 0 unspecified atom stereocenters. The van der Waals surface area contributed by atoms with Crippen molar-refractivity contribution in [1.29, 1.82) is 0 Å². The average molecular weight is 310 g/mol. The lowest BCUT2D eigenvalue weighted by atomic mass is 10.2. The van der Waals surface area contributed by atoms with Gasteiger partial charge in [-0.3, -0.25) is 9.59 Å². The van der Waals surface area contributed by atoms with E-state index in [2.05, 4.69) is 19.9 Å². The lowest BCUT2D eigenvalue weighted by molar-refractivity contribution is -0.139. The normalized spacial score (nSPS) is 12.8. The Morgan fingerprint density at radius 3 is 1.55 bits per heavy atom. The zero-order chi connectivity index (χ0) is 16.5. The number of nitrogens with one attached hydrogen (secondary N) is 2. The largest absolute Gasteiger partial charge is 0.480 e. The third-order valence-electron chi connectivity index (χ3n) is 2.62. The number of imidazole rings is 2. The van der Waals surface area contributed by atoms with Gasteiger partial charge in [0.1, 0.15) is 12.1 Å². The third kappa shape index (κ3) is 6.15. The fourth-order valence-electron chi connectivity index (χ4n) is 1.44. The van der Waals surface area contributed by atoms with Crippen LogP contribution in [0.3, 0.4) is 0 Å². The van der Waals surface area contributed by atoms with Crippen molar-refractivity contribution in [2.75, 3.05) is 0 Å². The van der Waals surface area contributed by atoms with Gasteiger partial charge in [-0.2, -0.15) is 0 Å². The number of aromatic nitrogens is 4. The second kappa shape index (κ2) is 8.54. The van der Waals surface area contributed by atoms with E-state index in [-0.39, 0.29) is 12.8 Å². The van der Waals surface area contributed by atoms with Gasteiger partial charge in [-0.05, 0) is 0 Å². The van der Waals surface area contributed by atoms with Gasteiger partial charge in [0.2, 0.25) is 0 Å². The van der Waals surface area contributed by atoms with E-state index >= 15 is 0 Å². The van der Waals surface area contributed by atoms with E-state index in [0.29, 0.717) is 0 Å². The highest BCUT2D eigenvalue weighted by atomic mass is 16.4. The van der Waals surface area contributed by atoms with Crippen molar-refractivity contribution in [1.82, 2.24) is 19.9 Å². The molecule has 0 saturated carbocycles. The molecule has 0 aromatic carbocycles. The number of carboxylic acid groups (broad SMARTS) is 2. The van der Waals surface area contributed by atoms with Crippen LogP contribution in [0.15, 0.2) is 25.0 Å². The summed E-state index contributed by atoms with van der Waals surface area (Å²) in [4.78, 5) is 33.5.